The fourth-order valence-corrected chi connectivity index (χ4v) is 2.75. The molecule has 0 amide bonds. The molecule has 0 radical (unpaired) electrons. The largest absolute Gasteiger partial charge is 0.327 e. The van der Waals surface area contributed by atoms with Crippen LogP contribution in [0, 0.1) is 5.92 Å². The summed E-state index contributed by atoms with van der Waals surface area (Å²) in [6.45, 7) is 4.38. The normalized spacial score (nSPS) is 13.1. The van der Waals surface area contributed by atoms with Gasteiger partial charge in [0.15, 0.2) is 0 Å². The van der Waals surface area contributed by atoms with E-state index in [4.69, 9.17) is 17.3 Å². The second-order valence-corrected chi connectivity index (χ2v) is 5.50. The lowest BCUT2D eigenvalue weighted by Crippen LogP contribution is -2.31. The van der Waals surface area contributed by atoms with Crippen molar-refractivity contribution in [3.05, 3.63) is 33.3 Å². The van der Waals surface area contributed by atoms with Crippen molar-refractivity contribution in [2.75, 3.05) is 0 Å². The van der Waals surface area contributed by atoms with Gasteiger partial charge in [-0.3, -0.25) is 0 Å². The van der Waals surface area contributed by atoms with E-state index in [1.807, 2.05) is 12.1 Å². The molecule has 0 aliphatic rings. The van der Waals surface area contributed by atoms with Crippen molar-refractivity contribution < 1.29 is 0 Å². The topological polar surface area (TPSA) is 26.0 Å². The van der Waals surface area contributed by atoms with E-state index in [9.17, 15) is 0 Å². The van der Waals surface area contributed by atoms with Crippen LogP contribution in [0.25, 0.3) is 0 Å². The summed E-state index contributed by atoms with van der Waals surface area (Å²) in [6.07, 6.45) is 3.12. The lowest BCUT2D eigenvalue weighted by molar-refractivity contribution is 0.393. The van der Waals surface area contributed by atoms with Gasteiger partial charge >= 0.3 is 0 Å². The standard InChI is InChI=1S/C13H19BrClN/c1-3-9(4-2)13(16)7-10-5-6-11(14)8-12(10)15/h5-6,8-9,13H,3-4,7,16H2,1-2H3. The van der Waals surface area contributed by atoms with E-state index in [-0.39, 0.29) is 6.04 Å². The molecule has 0 fully saturated rings. The molecule has 0 aliphatic carbocycles. The first-order chi connectivity index (χ1) is 7.58. The van der Waals surface area contributed by atoms with Gasteiger partial charge in [0.1, 0.15) is 0 Å². The van der Waals surface area contributed by atoms with Crippen LogP contribution in [0.4, 0.5) is 0 Å². The van der Waals surface area contributed by atoms with Gasteiger partial charge in [-0.1, -0.05) is 60.3 Å². The van der Waals surface area contributed by atoms with Gasteiger partial charge in [0, 0.05) is 15.5 Å². The van der Waals surface area contributed by atoms with Gasteiger partial charge in [-0.05, 0) is 30.0 Å². The van der Waals surface area contributed by atoms with Crippen LogP contribution in [-0.2, 0) is 6.42 Å². The Morgan fingerprint density at radius 3 is 2.44 bits per heavy atom. The van der Waals surface area contributed by atoms with E-state index in [0.717, 1.165) is 34.3 Å². The van der Waals surface area contributed by atoms with Gasteiger partial charge in [-0.25, -0.2) is 0 Å². The summed E-state index contributed by atoms with van der Waals surface area (Å²) in [7, 11) is 0. The minimum Gasteiger partial charge on any atom is -0.327 e. The average molecular weight is 305 g/mol. The molecule has 3 heteroatoms. The van der Waals surface area contributed by atoms with Crippen LogP contribution in [0.2, 0.25) is 5.02 Å². The van der Waals surface area contributed by atoms with Crippen molar-refractivity contribution in [1.82, 2.24) is 0 Å². The minimum atomic E-state index is 0.202. The Labute approximate surface area is 111 Å². The Morgan fingerprint density at radius 2 is 1.94 bits per heavy atom. The molecule has 0 saturated carbocycles. The fourth-order valence-electron chi connectivity index (χ4n) is 2.00. The molecular formula is C13H19BrClN. The van der Waals surface area contributed by atoms with Gasteiger partial charge in [0.05, 0.1) is 0 Å². The third-order valence-corrected chi connectivity index (χ3v) is 3.97. The van der Waals surface area contributed by atoms with Gasteiger partial charge in [-0.15, -0.1) is 0 Å². The maximum absolute atomic E-state index is 6.21. The second kappa shape index (κ2) is 6.63. The summed E-state index contributed by atoms with van der Waals surface area (Å²) in [5, 5.41) is 0.802. The number of nitrogens with two attached hydrogens (primary N) is 1. The van der Waals surface area contributed by atoms with Gasteiger partial charge < -0.3 is 5.73 Å². The highest BCUT2D eigenvalue weighted by Gasteiger charge is 2.15. The van der Waals surface area contributed by atoms with Crippen molar-refractivity contribution in [1.29, 1.82) is 0 Å². The first-order valence-corrected chi connectivity index (χ1v) is 6.95. The molecule has 1 rings (SSSR count). The SMILES string of the molecule is CCC(CC)C(N)Cc1ccc(Br)cc1Cl. The van der Waals surface area contributed by atoms with Crippen LogP contribution in [0.5, 0.6) is 0 Å². The molecule has 1 aromatic rings. The summed E-state index contributed by atoms with van der Waals surface area (Å²) < 4.78 is 1.01. The predicted molar refractivity (Wildman–Crippen MR) is 74.9 cm³/mol. The van der Waals surface area contributed by atoms with Crippen LogP contribution in [0.3, 0.4) is 0 Å². The molecule has 1 nitrogen and oxygen atoms in total. The summed E-state index contributed by atoms with van der Waals surface area (Å²) in [4.78, 5) is 0. The van der Waals surface area contributed by atoms with Crippen LogP contribution in [-0.4, -0.2) is 6.04 Å². The molecular weight excluding hydrogens is 286 g/mol. The molecule has 0 heterocycles. The lowest BCUT2D eigenvalue weighted by atomic mass is 9.90. The van der Waals surface area contributed by atoms with Crippen molar-refractivity contribution >= 4 is 27.5 Å². The summed E-state index contributed by atoms with van der Waals surface area (Å²) in [6, 6.07) is 6.19. The second-order valence-electron chi connectivity index (χ2n) is 4.18. The zero-order chi connectivity index (χ0) is 12.1. The van der Waals surface area contributed by atoms with Gasteiger partial charge in [0.25, 0.3) is 0 Å². The molecule has 2 N–H and O–H groups in total. The molecule has 1 atom stereocenters. The Morgan fingerprint density at radius 1 is 1.31 bits per heavy atom. The molecule has 0 aromatic heterocycles. The quantitative estimate of drug-likeness (QED) is 0.857. The van der Waals surface area contributed by atoms with E-state index in [1.54, 1.807) is 0 Å². The summed E-state index contributed by atoms with van der Waals surface area (Å²) in [5.74, 6) is 0.583. The first kappa shape index (κ1) is 14.0. The van der Waals surface area contributed by atoms with Crippen molar-refractivity contribution in [3.8, 4) is 0 Å². The number of rotatable bonds is 5. The Hall–Kier alpha value is -0.0500. The molecule has 16 heavy (non-hydrogen) atoms. The van der Waals surface area contributed by atoms with Gasteiger partial charge in [0.2, 0.25) is 0 Å². The third kappa shape index (κ3) is 3.76. The zero-order valence-corrected chi connectivity index (χ0v) is 12.2. The third-order valence-electron chi connectivity index (χ3n) is 3.12. The highest BCUT2D eigenvalue weighted by atomic mass is 79.9. The monoisotopic (exact) mass is 303 g/mol. The van der Waals surface area contributed by atoms with E-state index in [0.29, 0.717) is 5.92 Å². The van der Waals surface area contributed by atoms with Crippen LogP contribution in [0.1, 0.15) is 32.3 Å². The molecule has 0 bridgehead atoms. The van der Waals surface area contributed by atoms with Crippen molar-refractivity contribution in [2.24, 2.45) is 11.7 Å². The number of hydrogen-bond acceptors (Lipinski definition) is 1. The molecule has 90 valence electrons. The Balaban J connectivity index is 2.72. The number of benzene rings is 1. The van der Waals surface area contributed by atoms with Crippen molar-refractivity contribution in [2.45, 2.75) is 39.2 Å². The predicted octanol–water partition coefficient (Wildman–Crippen LogP) is 4.41. The zero-order valence-electron chi connectivity index (χ0n) is 9.84. The first-order valence-electron chi connectivity index (χ1n) is 5.78. The molecule has 1 unspecified atom stereocenters. The maximum atomic E-state index is 6.21. The fraction of sp³-hybridized carbons (Fsp3) is 0.538. The highest BCUT2D eigenvalue weighted by molar-refractivity contribution is 9.10. The maximum Gasteiger partial charge on any atom is 0.0449 e. The van der Waals surface area contributed by atoms with Gasteiger partial charge in [-0.2, -0.15) is 0 Å². The molecule has 0 spiro atoms. The van der Waals surface area contributed by atoms with Crippen LogP contribution >= 0.6 is 27.5 Å². The molecule has 0 saturated heterocycles. The van der Waals surface area contributed by atoms with Crippen LogP contribution in [0.15, 0.2) is 22.7 Å². The van der Waals surface area contributed by atoms with Crippen LogP contribution < -0.4 is 5.73 Å². The summed E-state index contributed by atoms with van der Waals surface area (Å²) in [5.41, 5.74) is 7.35. The van der Waals surface area contributed by atoms with E-state index in [1.165, 1.54) is 0 Å². The smallest absolute Gasteiger partial charge is 0.0449 e. The summed E-state index contributed by atoms with van der Waals surface area (Å²) >= 11 is 9.58. The average Bonchev–Trinajstić information content (AvgIpc) is 2.24. The Bertz CT molecular complexity index is 337. The molecule has 1 aromatic carbocycles. The van der Waals surface area contributed by atoms with E-state index in [2.05, 4.69) is 35.8 Å². The number of halogens is 2. The minimum absolute atomic E-state index is 0.202. The van der Waals surface area contributed by atoms with E-state index < -0.39 is 0 Å². The molecule has 0 aliphatic heterocycles. The highest BCUT2D eigenvalue weighted by Crippen LogP contribution is 2.24. The van der Waals surface area contributed by atoms with Crippen molar-refractivity contribution in [3.63, 3.8) is 0 Å². The lowest BCUT2D eigenvalue weighted by Gasteiger charge is -2.21. The Kier molecular flexibility index (Phi) is 5.81. The van der Waals surface area contributed by atoms with E-state index >= 15 is 0 Å². The number of hydrogen-bond donors (Lipinski definition) is 1.